The lowest BCUT2D eigenvalue weighted by atomic mass is 10.2. The molecule has 128 valence electrons. The highest BCUT2D eigenvalue weighted by atomic mass is 32.1. The Bertz CT molecular complexity index is 942. The van der Waals surface area contributed by atoms with E-state index in [0.29, 0.717) is 26.2 Å². The van der Waals surface area contributed by atoms with Crippen LogP contribution >= 0.6 is 11.3 Å². The van der Waals surface area contributed by atoms with Crippen molar-refractivity contribution in [3.05, 3.63) is 41.4 Å². The highest BCUT2D eigenvalue weighted by molar-refractivity contribution is 7.17. The Balaban J connectivity index is 1.46. The van der Waals surface area contributed by atoms with E-state index in [1.807, 2.05) is 11.4 Å². The van der Waals surface area contributed by atoms with Crippen LogP contribution in [0, 0.1) is 0 Å². The third-order valence-electron chi connectivity index (χ3n) is 4.15. The second-order valence-corrected chi connectivity index (χ2v) is 6.53. The number of hydrogen-bond donors (Lipinski definition) is 1. The van der Waals surface area contributed by atoms with Crippen LogP contribution in [0.3, 0.4) is 0 Å². The second kappa shape index (κ2) is 6.17. The van der Waals surface area contributed by atoms with Crippen LogP contribution in [0.1, 0.15) is 20.9 Å². The molecule has 1 amide bonds. The number of aromatic nitrogens is 2. The molecule has 1 fully saturated rings. The quantitative estimate of drug-likeness (QED) is 0.764. The van der Waals surface area contributed by atoms with Crippen LogP contribution in [-0.4, -0.2) is 58.0 Å². The summed E-state index contributed by atoms with van der Waals surface area (Å²) < 4.78 is 6.14. The number of furan rings is 1. The molecule has 8 nitrogen and oxygen atoms in total. The zero-order chi connectivity index (χ0) is 17.4. The Morgan fingerprint density at radius 1 is 1.20 bits per heavy atom. The lowest BCUT2D eigenvalue weighted by Crippen LogP contribution is -2.49. The molecule has 0 aliphatic carbocycles. The van der Waals surface area contributed by atoms with E-state index in [-0.39, 0.29) is 17.2 Å². The van der Waals surface area contributed by atoms with Crippen LogP contribution in [0.5, 0.6) is 0 Å². The fourth-order valence-corrected chi connectivity index (χ4v) is 3.70. The Hall–Kier alpha value is -2.94. The van der Waals surface area contributed by atoms with Gasteiger partial charge >= 0.3 is 5.97 Å². The topological polar surface area (TPSA) is 99.8 Å². The molecule has 3 aromatic heterocycles. The molecule has 3 aromatic rings. The molecule has 0 unspecified atom stereocenters. The first kappa shape index (κ1) is 15.6. The summed E-state index contributed by atoms with van der Waals surface area (Å²) >= 11 is 1.60. The molecule has 0 saturated carbocycles. The molecule has 4 rings (SSSR count). The number of piperazine rings is 1. The molecule has 9 heteroatoms. The molecular formula is C16H14N4O4S. The summed E-state index contributed by atoms with van der Waals surface area (Å²) in [4.78, 5) is 35.8. The van der Waals surface area contributed by atoms with Crippen molar-refractivity contribution in [3.8, 4) is 0 Å². The predicted molar refractivity (Wildman–Crippen MR) is 91.2 cm³/mol. The number of fused-ring (bicyclic) bond motifs is 1. The van der Waals surface area contributed by atoms with Gasteiger partial charge in [0.15, 0.2) is 5.76 Å². The van der Waals surface area contributed by atoms with Crippen LogP contribution in [0.15, 0.2) is 34.5 Å². The third-order valence-corrected chi connectivity index (χ3v) is 5.05. The number of nitrogens with zero attached hydrogens (tertiary/aromatic N) is 4. The van der Waals surface area contributed by atoms with Gasteiger partial charge in [-0.1, -0.05) is 0 Å². The lowest BCUT2D eigenvalue weighted by molar-refractivity contribution is 0.0692. The van der Waals surface area contributed by atoms with Gasteiger partial charge in [-0.15, -0.1) is 11.3 Å². The van der Waals surface area contributed by atoms with Crippen LogP contribution in [0.2, 0.25) is 0 Å². The van der Waals surface area contributed by atoms with Gasteiger partial charge < -0.3 is 19.3 Å². The summed E-state index contributed by atoms with van der Waals surface area (Å²) in [6.07, 6.45) is 2.64. The van der Waals surface area contributed by atoms with Gasteiger partial charge in [-0.05, 0) is 11.4 Å². The van der Waals surface area contributed by atoms with Gasteiger partial charge in [-0.3, -0.25) is 4.79 Å². The fraction of sp³-hybridized carbons (Fsp3) is 0.250. The van der Waals surface area contributed by atoms with Gasteiger partial charge in [-0.2, -0.15) is 0 Å². The maximum absolute atomic E-state index is 12.4. The minimum absolute atomic E-state index is 0.0249. The van der Waals surface area contributed by atoms with Crippen LogP contribution in [-0.2, 0) is 0 Å². The molecule has 0 bridgehead atoms. The van der Waals surface area contributed by atoms with E-state index < -0.39 is 5.97 Å². The summed E-state index contributed by atoms with van der Waals surface area (Å²) in [6, 6.07) is 3.22. The number of aromatic carboxylic acids is 1. The summed E-state index contributed by atoms with van der Waals surface area (Å²) in [5, 5.41) is 10.9. The minimum Gasteiger partial charge on any atom is -0.478 e. The molecule has 0 spiro atoms. The summed E-state index contributed by atoms with van der Waals surface area (Å²) in [5.41, 5.74) is 0.897. The van der Waals surface area contributed by atoms with Crippen molar-refractivity contribution >= 4 is 39.2 Å². The average Bonchev–Trinajstić information content (AvgIpc) is 3.30. The number of hydrogen-bond acceptors (Lipinski definition) is 7. The largest absolute Gasteiger partial charge is 0.478 e. The lowest BCUT2D eigenvalue weighted by Gasteiger charge is -2.35. The van der Waals surface area contributed by atoms with E-state index in [2.05, 4.69) is 14.9 Å². The molecule has 1 aliphatic heterocycles. The van der Waals surface area contributed by atoms with Gasteiger partial charge in [0.05, 0.1) is 15.8 Å². The van der Waals surface area contributed by atoms with Crippen LogP contribution < -0.4 is 4.90 Å². The van der Waals surface area contributed by atoms with Gasteiger partial charge in [-0.25, -0.2) is 14.8 Å². The Kier molecular flexibility index (Phi) is 3.85. The first-order chi connectivity index (χ1) is 12.1. The molecule has 1 saturated heterocycles. The SMILES string of the molecule is O=C(O)c1coc(C(=O)N2CCN(c3ncnc4ccsc34)CC2)c1. The summed E-state index contributed by atoms with van der Waals surface area (Å²) in [7, 11) is 0. The summed E-state index contributed by atoms with van der Waals surface area (Å²) in [6.45, 7) is 2.31. The van der Waals surface area contributed by atoms with E-state index in [0.717, 1.165) is 22.3 Å². The highest BCUT2D eigenvalue weighted by Crippen LogP contribution is 2.28. The monoisotopic (exact) mass is 358 g/mol. The van der Waals surface area contributed by atoms with Gasteiger partial charge in [0.25, 0.3) is 5.91 Å². The normalized spacial score (nSPS) is 14.9. The minimum atomic E-state index is -1.11. The smallest absolute Gasteiger partial charge is 0.338 e. The number of carbonyl (C=O) groups excluding carboxylic acids is 1. The first-order valence-electron chi connectivity index (χ1n) is 7.68. The second-order valence-electron chi connectivity index (χ2n) is 5.62. The molecular weight excluding hydrogens is 344 g/mol. The highest BCUT2D eigenvalue weighted by Gasteiger charge is 2.26. The van der Waals surface area contributed by atoms with Crippen molar-refractivity contribution in [2.45, 2.75) is 0 Å². The zero-order valence-corrected chi connectivity index (χ0v) is 13.9. The maximum Gasteiger partial charge on any atom is 0.338 e. The molecule has 1 aliphatic rings. The predicted octanol–water partition coefficient (Wildman–Crippen LogP) is 1.94. The molecule has 25 heavy (non-hydrogen) atoms. The maximum atomic E-state index is 12.4. The zero-order valence-electron chi connectivity index (χ0n) is 13.1. The van der Waals surface area contributed by atoms with Crippen molar-refractivity contribution < 1.29 is 19.1 Å². The molecule has 0 radical (unpaired) electrons. The average molecular weight is 358 g/mol. The molecule has 4 heterocycles. The van der Waals surface area contributed by atoms with E-state index in [1.54, 1.807) is 22.6 Å². The van der Waals surface area contributed by atoms with Crippen molar-refractivity contribution in [1.29, 1.82) is 0 Å². The fourth-order valence-electron chi connectivity index (χ4n) is 2.84. The van der Waals surface area contributed by atoms with Crippen molar-refractivity contribution in [1.82, 2.24) is 14.9 Å². The van der Waals surface area contributed by atoms with Crippen molar-refractivity contribution in [2.24, 2.45) is 0 Å². The van der Waals surface area contributed by atoms with Crippen LogP contribution in [0.25, 0.3) is 10.2 Å². The molecule has 0 aromatic carbocycles. The Morgan fingerprint density at radius 2 is 2.00 bits per heavy atom. The van der Waals surface area contributed by atoms with E-state index in [1.165, 1.54) is 6.07 Å². The number of carboxylic acid groups (broad SMARTS) is 1. The van der Waals surface area contributed by atoms with Crippen molar-refractivity contribution in [2.75, 3.05) is 31.1 Å². The van der Waals surface area contributed by atoms with Crippen molar-refractivity contribution in [3.63, 3.8) is 0 Å². The van der Waals surface area contributed by atoms with Gasteiger partial charge in [0.1, 0.15) is 18.4 Å². The third kappa shape index (κ3) is 2.82. The molecule has 1 N–H and O–H groups in total. The van der Waals surface area contributed by atoms with E-state index in [4.69, 9.17) is 9.52 Å². The first-order valence-corrected chi connectivity index (χ1v) is 8.55. The summed E-state index contributed by atoms with van der Waals surface area (Å²) in [5.74, 6) is -0.473. The Morgan fingerprint density at radius 3 is 2.72 bits per heavy atom. The number of anilines is 1. The van der Waals surface area contributed by atoms with E-state index in [9.17, 15) is 9.59 Å². The number of carboxylic acids is 1. The van der Waals surface area contributed by atoms with Crippen LogP contribution in [0.4, 0.5) is 5.82 Å². The number of thiophene rings is 1. The van der Waals surface area contributed by atoms with Gasteiger partial charge in [0, 0.05) is 32.2 Å². The van der Waals surface area contributed by atoms with E-state index >= 15 is 0 Å². The standard InChI is InChI=1S/C16H14N4O4S/c21-15(12-7-10(8-24-12)16(22)23)20-4-2-19(3-5-20)14-13-11(1-6-25-13)17-9-18-14/h1,6-9H,2-5H2,(H,22,23). The number of carbonyl (C=O) groups is 2. The Labute approximate surface area is 146 Å². The molecule has 0 atom stereocenters. The number of rotatable bonds is 3. The number of amides is 1. The van der Waals surface area contributed by atoms with Gasteiger partial charge in [0.2, 0.25) is 0 Å².